The molecule has 0 aromatic carbocycles. The Balaban J connectivity index is 2.42. The molecule has 0 radical (unpaired) electrons. The minimum atomic E-state index is -0.452. The number of ketones is 1. The number of nitrogens with zero attached hydrogens (tertiary/aromatic N) is 2. The standard InChI is InChI=1S/C15H17BrN2O/c1-4-8-15(2,3)14(19)10-6-5-7-11-13(10)18-12(16)9-17-11/h4,6,9H,1,5,7-8H2,2-3H3. The van der Waals surface area contributed by atoms with Gasteiger partial charge in [-0.2, -0.15) is 0 Å². The van der Waals surface area contributed by atoms with E-state index in [1.54, 1.807) is 12.3 Å². The van der Waals surface area contributed by atoms with Crippen molar-refractivity contribution in [2.45, 2.75) is 33.1 Å². The van der Waals surface area contributed by atoms with E-state index in [4.69, 9.17) is 0 Å². The summed E-state index contributed by atoms with van der Waals surface area (Å²) < 4.78 is 0.661. The normalized spacial score (nSPS) is 14.6. The fraction of sp³-hybridized carbons (Fsp3) is 0.400. The van der Waals surface area contributed by atoms with E-state index in [0.29, 0.717) is 16.6 Å². The molecule has 1 aromatic rings. The second kappa shape index (κ2) is 5.37. The molecule has 3 nitrogen and oxygen atoms in total. The van der Waals surface area contributed by atoms with E-state index in [1.807, 2.05) is 19.9 Å². The van der Waals surface area contributed by atoms with Gasteiger partial charge in [-0.05, 0) is 35.2 Å². The summed E-state index contributed by atoms with van der Waals surface area (Å²) in [5.41, 5.74) is 1.87. The van der Waals surface area contributed by atoms with Crippen LogP contribution in [0.5, 0.6) is 0 Å². The van der Waals surface area contributed by atoms with E-state index in [2.05, 4.69) is 32.5 Å². The molecule has 0 saturated carbocycles. The Morgan fingerprint density at radius 2 is 2.32 bits per heavy atom. The van der Waals surface area contributed by atoms with Crippen LogP contribution in [-0.2, 0) is 11.2 Å². The maximum absolute atomic E-state index is 12.7. The van der Waals surface area contributed by atoms with Gasteiger partial charge in [-0.3, -0.25) is 9.78 Å². The van der Waals surface area contributed by atoms with Crippen LogP contribution in [0.15, 0.2) is 29.5 Å². The molecule has 1 aliphatic rings. The average Bonchev–Trinajstić information content (AvgIpc) is 2.37. The van der Waals surface area contributed by atoms with E-state index in [0.717, 1.165) is 24.2 Å². The number of allylic oxidation sites excluding steroid dienone is 3. The Hall–Kier alpha value is -1.29. The van der Waals surface area contributed by atoms with Crippen LogP contribution in [0.2, 0.25) is 0 Å². The van der Waals surface area contributed by atoms with Gasteiger partial charge in [0.05, 0.1) is 17.6 Å². The lowest BCUT2D eigenvalue weighted by molar-refractivity contribution is -0.121. The summed E-state index contributed by atoms with van der Waals surface area (Å²) >= 11 is 3.32. The van der Waals surface area contributed by atoms with Crippen molar-refractivity contribution >= 4 is 27.3 Å². The van der Waals surface area contributed by atoms with Crippen molar-refractivity contribution in [1.82, 2.24) is 9.97 Å². The molecule has 0 bridgehead atoms. The molecule has 4 heteroatoms. The highest BCUT2D eigenvalue weighted by Crippen LogP contribution is 2.33. The van der Waals surface area contributed by atoms with Crippen molar-refractivity contribution in [3.05, 3.63) is 40.9 Å². The molecule has 0 N–H and O–H groups in total. The zero-order valence-electron chi connectivity index (χ0n) is 11.2. The first-order valence-electron chi connectivity index (χ1n) is 6.33. The number of carbonyl (C=O) groups is 1. The lowest BCUT2D eigenvalue weighted by atomic mass is 9.78. The number of halogens is 1. The van der Waals surface area contributed by atoms with Crippen LogP contribution in [0.4, 0.5) is 0 Å². The number of carbonyl (C=O) groups excluding carboxylic acids is 1. The van der Waals surface area contributed by atoms with Crippen molar-refractivity contribution < 1.29 is 4.79 Å². The first kappa shape index (κ1) is 14.1. The third kappa shape index (κ3) is 2.84. The minimum Gasteiger partial charge on any atom is -0.293 e. The lowest BCUT2D eigenvalue weighted by Crippen LogP contribution is -2.26. The number of rotatable bonds is 4. The predicted octanol–water partition coefficient (Wildman–Crippen LogP) is 3.74. The number of hydrogen-bond acceptors (Lipinski definition) is 3. The Kier molecular flexibility index (Phi) is 3.99. The summed E-state index contributed by atoms with van der Waals surface area (Å²) in [6.07, 6.45) is 7.79. The zero-order valence-corrected chi connectivity index (χ0v) is 12.8. The molecule has 0 saturated heterocycles. The van der Waals surface area contributed by atoms with Crippen molar-refractivity contribution in [2.75, 3.05) is 0 Å². The Labute approximate surface area is 122 Å². The van der Waals surface area contributed by atoms with E-state index in [9.17, 15) is 4.79 Å². The summed E-state index contributed by atoms with van der Waals surface area (Å²) in [6, 6.07) is 0. The van der Waals surface area contributed by atoms with Crippen molar-refractivity contribution in [1.29, 1.82) is 0 Å². The second-order valence-corrected chi connectivity index (χ2v) is 6.16. The maximum Gasteiger partial charge on any atom is 0.170 e. The molecule has 0 amide bonds. The quantitative estimate of drug-likeness (QED) is 0.794. The summed E-state index contributed by atoms with van der Waals surface area (Å²) in [6.45, 7) is 7.61. The highest BCUT2D eigenvalue weighted by molar-refractivity contribution is 9.10. The Bertz CT molecular complexity index is 561. The van der Waals surface area contributed by atoms with Crippen LogP contribution >= 0.6 is 15.9 Å². The molecule has 0 unspecified atom stereocenters. The third-order valence-corrected chi connectivity index (χ3v) is 3.70. The summed E-state index contributed by atoms with van der Waals surface area (Å²) in [5.74, 6) is 0.112. The first-order valence-corrected chi connectivity index (χ1v) is 7.12. The van der Waals surface area contributed by atoms with E-state index < -0.39 is 5.41 Å². The number of aryl methyl sites for hydroxylation is 1. The molecule has 0 atom stereocenters. The van der Waals surface area contributed by atoms with Crippen LogP contribution in [0.3, 0.4) is 0 Å². The number of aromatic nitrogens is 2. The Morgan fingerprint density at radius 3 is 3.00 bits per heavy atom. The van der Waals surface area contributed by atoms with Gasteiger partial charge in [-0.15, -0.1) is 6.58 Å². The number of fused-ring (bicyclic) bond motifs is 1. The van der Waals surface area contributed by atoms with Gasteiger partial charge in [-0.1, -0.05) is 26.0 Å². The van der Waals surface area contributed by atoms with Crippen LogP contribution in [0, 0.1) is 5.41 Å². The van der Waals surface area contributed by atoms with Gasteiger partial charge in [-0.25, -0.2) is 4.98 Å². The van der Waals surface area contributed by atoms with E-state index in [-0.39, 0.29) is 5.78 Å². The van der Waals surface area contributed by atoms with Crippen molar-refractivity contribution in [3.8, 4) is 0 Å². The summed E-state index contributed by atoms with van der Waals surface area (Å²) in [5, 5.41) is 0. The molecule has 19 heavy (non-hydrogen) atoms. The highest BCUT2D eigenvalue weighted by atomic mass is 79.9. The predicted molar refractivity (Wildman–Crippen MR) is 79.6 cm³/mol. The van der Waals surface area contributed by atoms with Crippen LogP contribution in [0.25, 0.3) is 5.57 Å². The molecular weight excluding hydrogens is 304 g/mol. The largest absolute Gasteiger partial charge is 0.293 e. The maximum atomic E-state index is 12.7. The Morgan fingerprint density at radius 1 is 1.58 bits per heavy atom. The second-order valence-electron chi connectivity index (χ2n) is 5.35. The molecule has 2 rings (SSSR count). The van der Waals surface area contributed by atoms with Gasteiger partial charge in [0.25, 0.3) is 0 Å². The summed E-state index contributed by atoms with van der Waals surface area (Å²) in [4.78, 5) is 21.5. The van der Waals surface area contributed by atoms with Gasteiger partial charge >= 0.3 is 0 Å². The van der Waals surface area contributed by atoms with Gasteiger partial charge in [0.2, 0.25) is 0 Å². The third-order valence-electron chi connectivity index (χ3n) is 3.32. The SMILES string of the molecule is C=CCC(C)(C)C(=O)C1=CCCc2ncc(Br)nc21. The zero-order chi connectivity index (χ0) is 14.0. The smallest absolute Gasteiger partial charge is 0.170 e. The fourth-order valence-corrected chi connectivity index (χ4v) is 2.54. The summed E-state index contributed by atoms with van der Waals surface area (Å²) in [7, 11) is 0. The fourth-order valence-electron chi connectivity index (χ4n) is 2.26. The molecule has 1 aliphatic carbocycles. The lowest BCUT2D eigenvalue weighted by Gasteiger charge is -2.25. The molecule has 100 valence electrons. The van der Waals surface area contributed by atoms with E-state index >= 15 is 0 Å². The van der Waals surface area contributed by atoms with E-state index in [1.165, 1.54) is 0 Å². The van der Waals surface area contributed by atoms with Gasteiger partial charge in [0, 0.05) is 11.0 Å². The van der Waals surface area contributed by atoms with Crippen molar-refractivity contribution in [3.63, 3.8) is 0 Å². The molecule has 0 spiro atoms. The van der Waals surface area contributed by atoms with Crippen LogP contribution < -0.4 is 0 Å². The monoisotopic (exact) mass is 320 g/mol. The highest BCUT2D eigenvalue weighted by Gasteiger charge is 2.32. The topological polar surface area (TPSA) is 42.9 Å². The average molecular weight is 321 g/mol. The number of hydrogen-bond donors (Lipinski definition) is 0. The van der Waals surface area contributed by atoms with Gasteiger partial charge in [0.1, 0.15) is 4.60 Å². The molecule has 1 heterocycles. The molecule has 0 aliphatic heterocycles. The van der Waals surface area contributed by atoms with Crippen molar-refractivity contribution in [2.24, 2.45) is 5.41 Å². The number of Topliss-reactive ketones (excluding diaryl/α,β-unsaturated/α-hetero) is 1. The first-order chi connectivity index (χ1) is 8.95. The molecule has 0 fully saturated rings. The van der Waals surface area contributed by atoms with Crippen LogP contribution in [0.1, 0.15) is 38.1 Å². The van der Waals surface area contributed by atoms with Crippen LogP contribution in [-0.4, -0.2) is 15.8 Å². The van der Waals surface area contributed by atoms with Gasteiger partial charge in [0.15, 0.2) is 5.78 Å². The molecule has 1 aromatic heterocycles. The minimum absolute atomic E-state index is 0.112. The molecular formula is C15H17BrN2O. The van der Waals surface area contributed by atoms with Gasteiger partial charge < -0.3 is 0 Å².